The van der Waals surface area contributed by atoms with E-state index in [9.17, 15) is 4.39 Å². The van der Waals surface area contributed by atoms with Crippen molar-refractivity contribution in [2.75, 3.05) is 6.54 Å². The van der Waals surface area contributed by atoms with Gasteiger partial charge in [0.15, 0.2) is 0 Å². The molecule has 0 saturated heterocycles. The lowest BCUT2D eigenvalue weighted by molar-refractivity contribution is 0.304. The van der Waals surface area contributed by atoms with Crippen LogP contribution in [-0.4, -0.2) is 6.54 Å². The van der Waals surface area contributed by atoms with Crippen LogP contribution in [0.5, 0.6) is 5.75 Å². The zero-order chi connectivity index (χ0) is 15.2. The summed E-state index contributed by atoms with van der Waals surface area (Å²) < 4.78 is 20.3. The van der Waals surface area contributed by atoms with Crippen molar-refractivity contribution < 1.29 is 9.13 Å². The smallest absolute Gasteiger partial charge is 0.124 e. The van der Waals surface area contributed by atoms with Crippen LogP contribution in [0.2, 0.25) is 0 Å². The van der Waals surface area contributed by atoms with E-state index in [1.54, 1.807) is 17.4 Å². The SMILES string of the molecule is CC(C)CNCc1cc(F)ccc1OCc1cc(Br)cs1. The van der Waals surface area contributed by atoms with Crippen LogP contribution in [-0.2, 0) is 13.2 Å². The first kappa shape index (κ1) is 16.5. The van der Waals surface area contributed by atoms with E-state index < -0.39 is 0 Å². The lowest BCUT2D eigenvalue weighted by Crippen LogP contribution is -2.19. The van der Waals surface area contributed by atoms with E-state index in [-0.39, 0.29) is 5.82 Å². The summed E-state index contributed by atoms with van der Waals surface area (Å²) in [6.45, 7) is 6.29. The van der Waals surface area contributed by atoms with Crippen molar-refractivity contribution in [3.05, 3.63) is 50.4 Å². The molecule has 2 nitrogen and oxygen atoms in total. The lowest BCUT2D eigenvalue weighted by atomic mass is 10.1. The van der Waals surface area contributed by atoms with Crippen LogP contribution >= 0.6 is 27.3 Å². The number of halogens is 2. The van der Waals surface area contributed by atoms with Gasteiger partial charge < -0.3 is 10.1 Å². The van der Waals surface area contributed by atoms with Gasteiger partial charge in [-0.1, -0.05) is 13.8 Å². The molecule has 5 heteroatoms. The fraction of sp³-hybridized carbons (Fsp3) is 0.375. The van der Waals surface area contributed by atoms with Gasteiger partial charge in [-0.2, -0.15) is 0 Å². The van der Waals surface area contributed by atoms with Gasteiger partial charge in [-0.05, 0) is 52.7 Å². The van der Waals surface area contributed by atoms with Gasteiger partial charge in [-0.25, -0.2) is 4.39 Å². The maximum Gasteiger partial charge on any atom is 0.124 e. The quantitative estimate of drug-likeness (QED) is 0.741. The van der Waals surface area contributed by atoms with Gasteiger partial charge in [-0.15, -0.1) is 11.3 Å². The normalized spacial score (nSPS) is 11.1. The van der Waals surface area contributed by atoms with E-state index in [0.717, 1.165) is 27.2 Å². The topological polar surface area (TPSA) is 21.3 Å². The van der Waals surface area contributed by atoms with Crippen LogP contribution in [0.15, 0.2) is 34.1 Å². The first-order valence-electron chi connectivity index (χ1n) is 6.89. The Morgan fingerprint density at radius 3 is 2.81 bits per heavy atom. The fourth-order valence-electron chi connectivity index (χ4n) is 1.90. The lowest BCUT2D eigenvalue weighted by Gasteiger charge is -2.13. The molecule has 0 aliphatic heterocycles. The van der Waals surface area contributed by atoms with Crippen molar-refractivity contribution in [1.29, 1.82) is 0 Å². The summed E-state index contributed by atoms with van der Waals surface area (Å²) in [5, 5.41) is 5.34. The molecule has 0 aliphatic rings. The van der Waals surface area contributed by atoms with Gasteiger partial charge in [0, 0.05) is 26.8 Å². The third kappa shape index (κ3) is 5.41. The minimum Gasteiger partial charge on any atom is -0.488 e. The minimum atomic E-state index is -0.234. The van der Waals surface area contributed by atoms with Crippen LogP contribution in [0.4, 0.5) is 4.39 Å². The van der Waals surface area contributed by atoms with Gasteiger partial charge in [0.2, 0.25) is 0 Å². The predicted octanol–water partition coefficient (Wildman–Crippen LogP) is 4.97. The summed E-state index contributed by atoms with van der Waals surface area (Å²) in [6, 6.07) is 6.70. The third-order valence-electron chi connectivity index (χ3n) is 2.88. The van der Waals surface area contributed by atoms with E-state index >= 15 is 0 Å². The van der Waals surface area contributed by atoms with Crippen LogP contribution in [0.25, 0.3) is 0 Å². The maximum atomic E-state index is 13.4. The number of ether oxygens (including phenoxy) is 1. The zero-order valence-corrected chi connectivity index (χ0v) is 14.6. The molecular weight excluding hydrogens is 353 g/mol. The number of nitrogens with one attached hydrogen (secondary N) is 1. The van der Waals surface area contributed by atoms with Gasteiger partial charge in [0.05, 0.1) is 0 Å². The molecule has 21 heavy (non-hydrogen) atoms. The molecule has 2 rings (SSSR count). The molecule has 0 atom stereocenters. The Labute approximate surface area is 137 Å². The number of rotatable bonds is 7. The molecule has 0 amide bonds. The van der Waals surface area contributed by atoms with Gasteiger partial charge in [-0.3, -0.25) is 0 Å². The summed E-state index contributed by atoms with van der Waals surface area (Å²) in [7, 11) is 0. The van der Waals surface area contributed by atoms with Crippen LogP contribution in [0, 0.1) is 11.7 Å². The Kier molecular flexibility index (Phi) is 6.21. The Morgan fingerprint density at radius 1 is 1.33 bits per heavy atom. The molecule has 0 radical (unpaired) electrons. The first-order chi connectivity index (χ1) is 10.0. The highest BCUT2D eigenvalue weighted by Gasteiger charge is 2.07. The van der Waals surface area contributed by atoms with Gasteiger partial charge in [0.1, 0.15) is 18.2 Å². The second kappa shape index (κ2) is 7.92. The second-order valence-corrected chi connectivity index (χ2v) is 7.21. The van der Waals surface area contributed by atoms with Gasteiger partial charge in [0.25, 0.3) is 0 Å². The Hall–Kier alpha value is -0.910. The average molecular weight is 372 g/mol. The highest BCUT2D eigenvalue weighted by atomic mass is 79.9. The number of benzene rings is 1. The van der Waals surface area contributed by atoms with Crippen molar-refractivity contribution >= 4 is 27.3 Å². The summed E-state index contributed by atoms with van der Waals surface area (Å²) in [5.74, 6) is 1.06. The molecule has 1 N–H and O–H groups in total. The Morgan fingerprint density at radius 2 is 2.14 bits per heavy atom. The highest BCUT2D eigenvalue weighted by Crippen LogP contribution is 2.24. The van der Waals surface area contributed by atoms with Crippen molar-refractivity contribution in [3.8, 4) is 5.75 Å². The fourth-order valence-corrected chi connectivity index (χ4v) is 3.26. The number of thiophene rings is 1. The molecule has 0 unspecified atom stereocenters. The molecule has 0 fully saturated rings. The molecule has 1 aromatic carbocycles. The number of hydrogen-bond acceptors (Lipinski definition) is 3. The molecular formula is C16H19BrFNOS. The Balaban J connectivity index is 2.00. The van der Waals surface area contributed by atoms with Crippen LogP contribution in [0.3, 0.4) is 0 Å². The molecule has 114 valence electrons. The largest absolute Gasteiger partial charge is 0.488 e. The highest BCUT2D eigenvalue weighted by molar-refractivity contribution is 9.10. The monoisotopic (exact) mass is 371 g/mol. The van der Waals surface area contributed by atoms with Crippen molar-refractivity contribution in [1.82, 2.24) is 5.32 Å². The van der Waals surface area contributed by atoms with Crippen molar-refractivity contribution in [3.63, 3.8) is 0 Å². The summed E-state index contributed by atoms with van der Waals surface area (Å²) in [6.07, 6.45) is 0. The van der Waals surface area contributed by atoms with Crippen molar-refractivity contribution in [2.45, 2.75) is 27.0 Å². The second-order valence-electron chi connectivity index (χ2n) is 5.30. The Bertz CT molecular complexity index is 585. The molecule has 2 aromatic rings. The maximum absolute atomic E-state index is 13.4. The van der Waals surface area contributed by atoms with Gasteiger partial charge >= 0.3 is 0 Å². The van der Waals surface area contributed by atoms with Crippen LogP contribution < -0.4 is 10.1 Å². The van der Waals surface area contributed by atoms with E-state index in [0.29, 0.717) is 19.1 Å². The van der Waals surface area contributed by atoms with E-state index in [4.69, 9.17) is 4.74 Å². The van der Waals surface area contributed by atoms with Crippen LogP contribution in [0.1, 0.15) is 24.3 Å². The van der Waals surface area contributed by atoms with E-state index in [1.165, 1.54) is 12.1 Å². The standard InChI is InChI=1S/C16H19BrFNOS/c1-11(2)7-19-8-12-5-14(18)3-4-16(12)20-9-15-6-13(17)10-21-15/h3-6,10-11,19H,7-9H2,1-2H3. The zero-order valence-electron chi connectivity index (χ0n) is 12.2. The molecule has 0 aliphatic carbocycles. The predicted molar refractivity (Wildman–Crippen MR) is 89.3 cm³/mol. The number of hydrogen-bond donors (Lipinski definition) is 1. The van der Waals surface area contributed by atoms with E-state index in [2.05, 4.69) is 35.1 Å². The average Bonchev–Trinajstić information content (AvgIpc) is 2.83. The van der Waals surface area contributed by atoms with Crippen molar-refractivity contribution in [2.24, 2.45) is 5.92 Å². The summed E-state index contributed by atoms with van der Waals surface area (Å²) >= 11 is 5.06. The molecule has 0 saturated carbocycles. The summed E-state index contributed by atoms with van der Waals surface area (Å²) in [4.78, 5) is 1.13. The molecule has 0 spiro atoms. The third-order valence-corrected chi connectivity index (χ3v) is 4.55. The summed E-state index contributed by atoms with van der Waals surface area (Å²) in [5.41, 5.74) is 0.853. The molecule has 1 heterocycles. The molecule has 1 aromatic heterocycles. The first-order valence-corrected chi connectivity index (χ1v) is 8.56. The van der Waals surface area contributed by atoms with E-state index in [1.807, 2.05) is 11.4 Å². The minimum absolute atomic E-state index is 0.234. The molecule has 0 bridgehead atoms.